The van der Waals surface area contributed by atoms with Gasteiger partial charge < -0.3 is 5.73 Å². The molecular weight excluding hydrogens is 258 g/mol. The summed E-state index contributed by atoms with van der Waals surface area (Å²) in [5.74, 6) is -0.352. The molecule has 0 saturated carbocycles. The normalized spacial score (nSPS) is 10.7. The van der Waals surface area contributed by atoms with Gasteiger partial charge in [-0.1, -0.05) is 36.4 Å². The molecule has 0 saturated heterocycles. The highest BCUT2D eigenvalue weighted by molar-refractivity contribution is 6.11. The monoisotopic (exact) mass is 269 g/mol. The number of nitrogens with two attached hydrogens (primary N) is 1. The Labute approximate surface area is 113 Å². The van der Waals surface area contributed by atoms with Crippen molar-refractivity contribution in [2.24, 2.45) is 0 Å². The second kappa shape index (κ2) is 4.63. The lowest BCUT2D eigenvalue weighted by molar-refractivity contribution is 0.301. The van der Waals surface area contributed by atoms with Crippen molar-refractivity contribution in [3.8, 4) is 0 Å². The van der Waals surface area contributed by atoms with Crippen LogP contribution in [0.1, 0.15) is 5.69 Å². The Morgan fingerprint density at radius 2 is 1.90 bits per heavy atom. The predicted molar refractivity (Wildman–Crippen MR) is 73.8 cm³/mol. The molecule has 0 aliphatic carbocycles. The zero-order valence-electron chi connectivity index (χ0n) is 10.3. The van der Waals surface area contributed by atoms with Crippen molar-refractivity contribution >= 4 is 28.1 Å². The van der Waals surface area contributed by atoms with Crippen LogP contribution in [0.5, 0.6) is 0 Å². The van der Waals surface area contributed by atoms with Crippen molar-refractivity contribution in [3.05, 3.63) is 48.2 Å². The highest BCUT2D eigenvalue weighted by Crippen LogP contribution is 2.26. The van der Waals surface area contributed by atoms with Crippen LogP contribution in [0.4, 0.5) is 11.5 Å². The largest absolute Gasteiger partial charge is 0.379 e. The molecule has 0 aliphatic heterocycles. The molecule has 0 unspecified atom stereocenters. The number of nitrogens with zero attached hydrogens (tertiary/aromatic N) is 3. The summed E-state index contributed by atoms with van der Waals surface area (Å²) in [5, 5.41) is 27.5. The predicted octanol–water partition coefficient (Wildman–Crippen LogP) is 2.03. The van der Waals surface area contributed by atoms with Gasteiger partial charge in [0.15, 0.2) is 17.3 Å². The summed E-state index contributed by atoms with van der Waals surface area (Å²) in [6.45, 7) is 0. The standard InChI is InChI=1S/C13H11N5O2/c14-12-11(16-20-17-12)13(15)18(19)10-7-3-5-8-4-1-2-6-9(8)10/h1-7,15,19H,(H2,14,17). The van der Waals surface area contributed by atoms with Crippen LogP contribution < -0.4 is 10.8 Å². The summed E-state index contributed by atoms with van der Waals surface area (Å²) in [7, 11) is 0. The Bertz CT molecular complexity index is 778. The molecule has 0 bridgehead atoms. The summed E-state index contributed by atoms with van der Waals surface area (Å²) in [6.07, 6.45) is 0. The number of fused-ring (bicyclic) bond motifs is 1. The maximum atomic E-state index is 10.2. The molecule has 100 valence electrons. The maximum absolute atomic E-state index is 10.2. The quantitative estimate of drug-likeness (QED) is 0.373. The smallest absolute Gasteiger partial charge is 0.199 e. The Hall–Kier alpha value is -2.93. The summed E-state index contributed by atoms with van der Waals surface area (Å²) in [5.41, 5.74) is 5.96. The van der Waals surface area contributed by atoms with E-state index >= 15 is 0 Å². The van der Waals surface area contributed by atoms with Crippen molar-refractivity contribution in [2.75, 3.05) is 10.8 Å². The molecule has 0 atom stereocenters. The van der Waals surface area contributed by atoms with Gasteiger partial charge in [-0.2, -0.15) is 0 Å². The van der Waals surface area contributed by atoms with E-state index < -0.39 is 0 Å². The van der Waals surface area contributed by atoms with E-state index in [4.69, 9.17) is 11.1 Å². The minimum atomic E-state index is -0.305. The van der Waals surface area contributed by atoms with Gasteiger partial charge in [0.25, 0.3) is 0 Å². The van der Waals surface area contributed by atoms with Crippen LogP contribution in [-0.4, -0.2) is 21.4 Å². The van der Waals surface area contributed by atoms with Gasteiger partial charge in [-0.05, 0) is 21.8 Å². The van der Waals surface area contributed by atoms with Gasteiger partial charge in [0.05, 0.1) is 5.69 Å². The Balaban J connectivity index is 2.07. The highest BCUT2D eigenvalue weighted by atomic mass is 16.6. The first-order valence-electron chi connectivity index (χ1n) is 5.82. The summed E-state index contributed by atoms with van der Waals surface area (Å²) < 4.78 is 4.44. The van der Waals surface area contributed by atoms with Crippen LogP contribution in [0.2, 0.25) is 0 Å². The number of benzene rings is 2. The summed E-state index contributed by atoms with van der Waals surface area (Å²) in [6, 6.07) is 12.9. The van der Waals surface area contributed by atoms with Gasteiger partial charge in [0.1, 0.15) is 0 Å². The first kappa shape index (κ1) is 12.1. The molecule has 3 rings (SSSR count). The average Bonchev–Trinajstić information content (AvgIpc) is 2.91. The third kappa shape index (κ3) is 1.86. The van der Waals surface area contributed by atoms with Gasteiger partial charge in [0.2, 0.25) is 0 Å². The minimum Gasteiger partial charge on any atom is -0.379 e. The third-order valence-corrected chi connectivity index (χ3v) is 2.94. The van der Waals surface area contributed by atoms with Crippen LogP contribution in [0.3, 0.4) is 0 Å². The average molecular weight is 269 g/mol. The first-order valence-corrected chi connectivity index (χ1v) is 5.82. The van der Waals surface area contributed by atoms with Gasteiger partial charge in [-0.25, -0.2) is 9.69 Å². The fourth-order valence-electron chi connectivity index (χ4n) is 1.97. The van der Waals surface area contributed by atoms with Crippen LogP contribution >= 0.6 is 0 Å². The molecule has 1 aromatic heterocycles. The van der Waals surface area contributed by atoms with Crippen molar-refractivity contribution in [2.45, 2.75) is 0 Å². The van der Waals surface area contributed by atoms with E-state index in [0.717, 1.165) is 10.8 Å². The van der Waals surface area contributed by atoms with E-state index in [1.165, 1.54) is 0 Å². The molecule has 0 spiro atoms. The maximum Gasteiger partial charge on any atom is 0.199 e. The van der Waals surface area contributed by atoms with E-state index in [0.29, 0.717) is 10.8 Å². The molecule has 1 heterocycles. The number of anilines is 2. The lowest BCUT2D eigenvalue weighted by Crippen LogP contribution is -2.28. The van der Waals surface area contributed by atoms with E-state index in [2.05, 4.69) is 14.9 Å². The van der Waals surface area contributed by atoms with E-state index in [1.54, 1.807) is 12.1 Å². The van der Waals surface area contributed by atoms with Crippen molar-refractivity contribution < 1.29 is 9.84 Å². The zero-order chi connectivity index (χ0) is 14.1. The fourth-order valence-corrected chi connectivity index (χ4v) is 1.97. The van der Waals surface area contributed by atoms with Crippen molar-refractivity contribution in [1.82, 2.24) is 10.3 Å². The Morgan fingerprint density at radius 1 is 1.15 bits per heavy atom. The zero-order valence-corrected chi connectivity index (χ0v) is 10.3. The van der Waals surface area contributed by atoms with Gasteiger partial charge in [-0.15, -0.1) is 0 Å². The lowest BCUT2D eigenvalue weighted by Gasteiger charge is -2.18. The van der Waals surface area contributed by atoms with Crippen molar-refractivity contribution in [1.29, 1.82) is 5.41 Å². The van der Waals surface area contributed by atoms with Crippen LogP contribution in [0.25, 0.3) is 10.8 Å². The second-order valence-corrected chi connectivity index (χ2v) is 4.16. The molecule has 4 N–H and O–H groups in total. The molecular formula is C13H11N5O2. The topological polar surface area (TPSA) is 112 Å². The number of rotatable bonds is 2. The number of amidine groups is 1. The van der Waals surface area contributed by atoms with E-state index in [-0.39, 0.29) is 17.3 Å². The van der Waals surface area contributed by atoms with Gasteiger partial charge in [0, 0.05) is 5.39 Å². The molecule has 7 heteroatoms. The Kier molecular flexibility index (Phi) is 2.81. The lowest BCUT2D eigenvalue weighted by atomic mass is 10.1. The number of hydrogen-bond acceptors (Lipinski definition) is 6. The SMILES string of the molecule is N=C(c1nonc1N)N(O)c1cccc2ccccc12. The molecule has 3 aromatic rings. The molecule has 0 radical (unpaired) electrons. The molecule has 0 amide bonds. The number of nitrogens with one attached hydrogen (secondary N) is 1. The van der Waals surface area contributed by atoms with Crippen LogP contribution in [0.15, 0.2) is 47.1 Å². The minimum absolute atomic E-state index is 0.0135. The third-order valence-electron chi connectivity index (χ3n) is 2.94. The molecule has 0 fully saturated rings. The molecule has 20 heavy (non-hydrogen) atoms. The number of hydroxylamine groups is 1. The van der Waals surface area contributed by atoms with Gasteiger partial charge in [-0.3, -0.25) is 10.6 Å². The van der Waals surface area contributed by atoms with Crippen molar-refractivity contribution in [3.63, 3.8) is 0 Å². The van der Waals surface area contributed by atoms with Crippen LogP contribution in [0, 0.1) is 5.41 Å². The second-order valence-electron chi connectivity index (χ2n) is 4.16. The fraction of sp³-hybridized carbons (Fsp3) is 0. The number of hydrogen-bond donors (Lipinski definition) is 3. The highest BCUT2D eigenvalue weighted by Gasteiger charge is 2.20. The first-order chi connectivity index (χ1) is 9.68. The molecule has 2 aromatic carbocycles. The number of aromatic nitrogens is 2. The summed E-state index contributed by atoms with van der Waals surface area (Å²) in [4.78, 5) is 0. The van der Waals surface area contributed by atoms with E-state index in [1.807, 2.05) is 30.3 Å². The van der Waals surface area contributed by atoms with E-state index in [9.17, 15) is 5.21 Å². The molecule has 0 aliphatic rings. The summed E-state index contributed by atoms with van der Waals surface area (Å²) >= 11 is 0. The number of nitrogen functional groups attached to an aromatic ring is 1. The Morgan fingerprint density at radius 3 is 2.65 bits per heavy atom. The molecule has 7 nitrogen and oxygen atoms in total. The van der Waals surface area contributed by atoms with Gasteiger partial charge >= 0.3 is 0 Å². The van der Waals surface area contributed by atoms with Crippen LogP contribution in [-0.2, 0) is 0 Å².